The monoisotopic (exact) mass is 529 g/mol. The lowest BCUT2D eigenvalue weighted by Gasteiger charge is -2.35. The minimum absolute atomic E-state index is 0. The van der Waals surface area contributed by atoms with Crippen LogP contribution >= 0.6 is 24.0 Å². The Hall–Kier alpha value is -3.21. The van der Waals surface area contributed by atoms with Gasteiger partial charge < -0.3 is 24.2 Å². The molecule has 0 saturated carbocycles. The van der Waals surface area contributed by atoms with Gasteiger partial charge in [0.05, 0.1) is 28.5 Å². The lowest BCUT2D eigenvalue weighted by Crippen LogP contribution is -2.45. The van der Waals surface area contributed by atoms with Gasteiger partial charge in [0.2, 0.25) is 5.43 Å². The van der Waals surface area contributed by atoms with Gasteiger partial charge in [0.25, 0.3) is 0 Å². The van der Waals surface area contributed by atoms with Crippen molar-refractivity contribution in [1.29, 1.82) is 0 Å². The smallest absolute Gasteiger partial charge is 0.449 e. The Labute approximate surface area is 209 Å². The van der Waals surface area contributed by atoms with Crippen LogP contribution in [0.2, 0.25) is 0 Å². The molecule has 35 heavy (non-hydrogen) atoms. The van der Waals surface area contributed by atoms with E-state index in [2.05, 4.69) is 16.2 Å². The van der Waals surface area contributed by atoms with Gasteiger partial charge in [-0.2, -0.15) is 0 Å². The molecule has 2 heterocycles. The van der Waals surface area contributed by atoms with E-state index in [9.17, 15) is 18.4 Å². The molecule has 1 saturated heterocycles. The third-order valence-corrected chi connectivity index (χ3v) is 5.83. The summed E-state index contributed by atoms with van der Waals surface area (Å²) in [6, 6.07) is 3.64. The molecule has 12 heteroatoms. The van der Waals surface area contributed by atoms with Gasteiger partial charge in [-0.25, -0.2) is 18.0 Å². The van der Waals surface area contributed by atoms with Crippen LogP contribution in [0.15, 0.2) is 41.8 Å². The largest absolute Gasteiger partial charge is 0.511 e. The van der Waals surface area contributed by atoms with E-state index in [1.807, 2.05) is 7.05 Å². The number of ether oxygens (including phenoxy) is 1. The quantitative estimate of drug-likeness (QED) is 0.487. The molecule has 1 fully saturated rings. The molecule has 0 spiro atoms. The Morgan fingerprint density at radius 3 is 2.34 bits per heavy atom. The number of benzene rings is 2. The molecule has 3 aromatic rings. The highest BCUT2D eigenvalue weighted by molar-refractivity contribution is 6.50. The Kier molecular flexibility index (Phi) is 7.68. The van der Waals surface area contributed by atoms with Crippen molar-refractivity contribution >= 4 is 51.8 Å². The Bertz CT molecular complexity index is 1390. The SMILES string of the molecule is C=C(Cl)c1c(N2CCN(C)CC2)c(F)cc2c(=O)c(OC(=O)O)cn(-c3ccc(F)cc3F)c12.Cl. The second-order valence-electron chi connectivity index (χ2n) is 7.83. The molecule has 0 atom stereocenters. The van der Waals surface area contributed by atoms with E-state index in [0.717, 1.165) is 29.0 Å². The molecular weight excluding hydrogens is 510 g/mol. The van der Waals surface area contributed by atoms with Gasteiger partial charge in [0.1, 0.15) is 17.5 Å². The summed E-state index contributed by atoms with van der Waals surface area (Å²) in [4.78, 5) is 28.0. The molecule has 0 unspecified atom stereocenters. The van der Waals surface area contributed by atoms with Crippen LogP contribution in [0.3, 0.4) is 0 Å². The molecule has 1 N–H and O–H groups in total. The van der Waals surface area contributed by atoms with Crippen LogP contribution < -0.4 is 15.1 Å². The zero-order chi connectivity index (χ0) is 24.7. The van der Waals surface area contributed by atoms with Crippen LogP contribution in [0, 0.1) is 17.5 Å². The number of hydrogen-bond acceptors (Lipinski definition) is 5. The third kappa shape index (κ3) is 4.95. The number of piperazine rings is 1. The van der Waals surface area contributed by atoms with Gasteiger partial charge in [0.15, 0.2) is 5.75 Å². The first kappa shape index (κ1) is 26.4. The number of halogens is 5. The third-order valence-electron chi connectivity index (χ3n) is 5.64. The molecule has 186 valence electrons. The highest BCUT2D eigenvalue weighted by Gasteiger charge is 2.28. The number of fused-ring (bicyclic) bond motifs is 1. The van der Waals surface area contributed by atoms with Crippen LogP contribution in [0.1, 0.15) is 5.56 Å². The number of hydrogen-bond donors (Lipinski definition) is 1. The maximum atomic E-state index is 15.5. The fraction of sp³-hybridized carbons (Fsp3) is 0.217. The molecule has 0 radical (unpaired) electrons. The molecule has 7 nitrogen and oxygen atoms in total. The van der Waals surface area contributed by atoms with Crippen molar-refractivity contribution in [2.24, 2.45) is 0 Å². The van der Waals surface area contributed by atoms with Gasteiger partial charge in [-0.05, 0) is 25.2 Å². The molecule has 0 aliphatic carbocycles. The van der Waals surface area contributed by atoms with E-state index in [4.69, 9.17) is 16.7 Å². The number of likely N-dealkylation sites (N-methyl/N-ethyl adjacent to an activating group) is 1. The molecule has 1 aromatic heterocycles. The standard InChI is InChI=1S/C23H19ClF3N3O4.ClH/c1-12(24)19-20-14(10-16(27)21(19)29-7-5-28(2)6-8-29)22(31)18(34-23(32)33)11-30(20)17-4-3-13(25)9-15(17)26;/h3-4,9-11H,1,5-8H2,2H3,(H,32,33);1H. The molecule has 0 bridgehead atoms. The second kappa shape index (κ2) is 10.2. The van der Waals surface area contributed by atoms with E-state index in [1.54, 1.807) is 4.90 Å². The maximum Gasteiger partial charge on any atom is 0.511 e. The average molecular weight is 530 g/mol. The Balaban J connectivity index is 0.00000342. The zero-order valence-corrected chi connectivity index (χ0v) is 19.9. The van der Waals surface area contributed by atoms with Crippen molar-refractivity contribution < 1.29 is 27.8 Å². The van der Waals surface area contributed by atoms with Crippen LogP contribution in [0.5, 0.6) is 5.75 Å². The summed E-state index contributed by atoms with van der Waals surface area (Å²) in [5, 5.41) is 8.60. The lowest BCUT2D eigenvalue weighted by atomic mass is 10.0. The van der Waals surface area contributed by atoms with Crippen molar-refractivity contribution in [3.05, 3.63) is 70.3 Å². The predicted octanol–water partition coefficient (Wildman–Crippen LogP) is 4.85. The highest BCUT2D eigenvalue weighted by atomic mass is 35.5. The average Bonchev–Trinajstić information content (AvgIpc) is 2.76. The minimum atomic E-state index is -1.79. The Morgan fingerprint density at radius 2 is 1.77 bits per heavy atom. The van der Waals surface area contributed by atoms with Crippen molar-refractivity contribution in [1.82, 2.24) is 9.47 Å². The summed E-state index contributed by atoms with van der Waals surface area (Å²) in [6.45, 7) is 5.90. The summed E-state index contributed by atoms with van der Waals surface area (Å²) in [5.41, 5.74) is -1.11. The molecule has 0 amide bonds. The topological polar surface area (TPSA) is 75.0 Å². The number of pyridine rings is 1. The van der Waals surface area contributed by atoms with E-state index in [0.29, 0.717) is 32.2 Å². The summed E-state index contributed by atoms with van der Waals surface area (Å²) < 4.78 is 49.6. The lowest BCUT2D eigenvalue weighted by molar-refractivity contribution is 0.144. The van der Waals surface area contributed by atoms with Gasteiger partial charge in [-0.15, -0.1) is 12.4 Å². The van der Waals surface area contributed by atoms with Gasteiger partial charge in [0, 0.05) is 42.8 Å². The number of rotatable bonds is 4. The van der Waals surface area contributed by atoms with E-state index in [-0.39, 0.29) is 45.3 Å². The maximum absolute atomic E-state index is 15.5. The molecular formula is C23H20Cl2F3N3O4. The number of aromatic nitrogens is 1. The summed E-state index contributed by atoms with van der Waals surface area (Å²) in [5.74, 6) is -3.34. The van der Waals surface area contributed by atoms with Crippen LogP contribution in [0.4, 0.5) is 23.7 Å². The van der Waals surface area contributed by atoms with Gasteiger partial charge in [-0.1, -0.05) is 18.2 Å². The molecule has 1 aliphatic heterocycles. The van der Waals surface area contributed by atoms with Crippen LogP contribution in [-0.2, 0) is 0 Å². The zero-order valence-electron chi connectivity index (χ0n) is 18.4. The number of nitrogens with zero attached hydrogens (tertiary/aromatic N) is 3. The first-order valence-electron chi connectivity index (χ1n) is 10.1. The molecule has 4 rings (SSSR count). The van der Waals surface area contributed by atoms with Crippen molar-refractivity contribution in [3.63, 3.8) is 0 Å². The number of anilines is 1. The first-order chi connectivity index (χ1) is 16.1. The van der Waals surface area contributed by atoms with Crippen LogP contribution in [0.25, 0.3) is 21.6 Å². The normalized spacial score (nSPS) is 14.0. The van der Waals surface area contributed by atoms with E-state index >= 15 is 4.39 Å². The second-order valence-corrected chi connectivity index (χ2v) is 8.29. The van der Waals surface area contributed by atoms with E-state index < -0.39 is 34.8 Å². The van der Waals surface area contributed by atoms with Crippen LogP contribution in [-0.4, -0.2) is 54.0 Å². The molecule has 2 aromatic carbocycles. The number of carboxylic acid groups (broad SMARTS) is 1. The fourth-order valence-electron chi connectivity index (χ4n) is 4.06. The molecule has 1 aliphatic rings. The van der Waals surface area contributed by atoms with Crippen molar-refractivity contribution in [2.75, 3.05) is 38.1 Å². The first-order valence-corrected chi connectivity index (χ1v) is 10.5. The fourth-order valence-corrected chi connectivity index (χ4v) is 4.23. The summed E-state index contributed by atoms with van der Waals surface area (Å²) in [6.07, 6.45) is -0.844. The highest BCUT2D eigenvalue weighted by Crippen LogP contribution is 2.39. The summed E-state index contributed by atoms with van der Waals surface area (Å²) in [7, 11) is 1.93. The van der Waals surface area contributed by atoms with Gasteiger partial charge in [-0.3, -0.25) is 4.79 Å². The van der Waals surface area contributed by atoms with Crippen molar-refractivity contribution in [2.45, 2.75) is 0 Å². The Morgan fingerprint density at radius 1 is 1.11 bits per heavy atom. The van der Waals surface area contributed by atoms with Crippen molar-refractivity contribution in [3.8, 4) is 11.4 Å². The van der Waals surface area contributed by atoms with Gasteiger partial charge >= 0.3 is 6.16 Å². The minimum Gasteiger partial charge on any atom is -0.449 e. The number of carbonyl (C=O) groups is 1. The predicted molar refractivity (Wildman–Crippen MR) is 130 cm³/mol. The summed E-state index contributed by atoms with van der Waals surface area (Å²) >= 11 is 6.32. The van der Waals surface area contributed by atoms with E-state index in [1.165, 1.54) is 0 Å².